The van der Waals surface area contributed by atoms with Crippen LogP contribution in [-0.2, 0) is 4.79 Å². The van der Waals surface area contributed by atoms with E-state index in [2.05, 4.69) is 6.92 Å². The molecule has 0 aliphatic rings. The fraction of sp³-hybridized carbons (Fsp3) is 0.944. The van der Waals surface area contributed by atoms with Crippen LogP contribution in [0.5, 0.6) is 0 Å². The van der Waals surface area contributed by atoms with Gasteiger partial charge in [0.05, 0.1) is 0 Å². The fourth-order valence-electron chi connectivity index (χ4n) is 2.64. The van der Waals surface area contributed by atoms with E-state index in [-0.39, 0.29) is 0 Å². The summed E-state index contributed by atoms with van der Waals surface area (Å²) in [6.45, 7) is 2.28. The lowest BCUT2D eigenvalue weighted by molar-refractivity contribution is -0.109. The van der Waals surface area contributed by atoms with Gasteiger partial charge in [-0.25, -0.2) is 0 Å². The van der Waals surface area contributed by atoms with Crippen molar-refractivity contribution >= 4 is 26.4 Å². The molecule has 0 bridgehead atoms. The van der Waals surface area contributed by atoms with Crippen molar-refractivity contribution in [3.8, 4) is 0 Å². The highest BCUT2D eigenvalue weighted by Gasteiger charge is 1.96. The second kappa shape index (κ2) is 17.5. The van der Waals surface area contributed by atoms with Gasteiger partial charge in [0, 0.05) is 6.42 Å². The molecule has 0 N–H and O–H groups in total. The van der Waals surface area contributed by atoms with Gasteiger partial charge in [-0.3, -0.25) is 4.79 Å². The lowest BCUT2D eigenvalue weighted by atomic mass is 10.0. The van der Waals surface area contributed by atoms with E-state index in [4.69, 9.17) is 0 Å². The van der Waals surface area contributed by atoms with Crippen LogP contribution in [0, 0.1) is 0 Å². The summed E-state index contributed by atoms with van der Waals surface area (Å²) >= 11 is 1.90. The van der Waals surface area contributed by atoms with Crippen molar-refractivity contribution in [2.75, 3.05) is 0 Å². The quantitative estimate of drug-likeness (QED) is 0.154. The summed E-state index contributed by atoms with van der Waals surface area (Å²) in [7, 11) is 0. The van der Waals surface area contributed by atoms with Gasteiger partial charge in [0.1, 0.15) is 0 Å². The minimum atomic E-state index is 0.317. The molecule has 0 amide bonds. The Morgan fingerprint density at radius 3 is 1.20 bits per heavy atom. The Morgan fingerprint density at radius 2 is 0.900 bits per heavy atom. The van der Waals surface area contributed by atoms with Gasteiger partial charge in [-0.2, -0.15) is 0 Å². The summed E-state index contributed by atoms with van der Waals surface area (Å²) in [5, 5.41) is 0. The molecule has 0 unspecified atom stereocenters. The molecule has 120 valence electrons. The van der Waals surface area contributed by atoms with Crippen LogP contribution in [0.25, 0.3) is 0 Å². The van der Waals surface area contributed by atoms with Crippen molar-refractivity contribution < 1.29 is 4.79 Å². The number of unbranched alkanes of at least 4 members (excludes halogenated alkanes) is 14. The van der Waals surface area contributed by atoms with E-state index in [9.17, 15) is 4.79 Å². The van der Waals surface area contributed by atoms with Gasteiger partial charge >= 0.3 is 0 Å². The smallest absolute Gasteiger partial charge is 0.192 e. The van der Waals surface area contributed by atoms with Gasteiger partial charge in [0.15, 0.2) is 3.79 Å². The molecule has 0 radical (unpaired) electrons. The van der Waals surface area contributed by atoms with Crippen molar-refractivity contribution in [3.63, 3.8) is 0 Å². The first-order chi connectivity index (χ1) is 9.77. The normalized spacial score (nSPS) is 10.9. The minimum absolute atomic E-state index is 0.317. The molecule has 0 aromatic carbocycles. The Bertz CT molecular complexity index is 204. The molecule has 0 heterocycles. The van der Waals surface area contributed by atoms with Crippen molar-refractivity contribution in [2.45, 2.75) is 110 Å². The predicted octanol–water partition coefficient (Wildman–Crippen LogP) is 7.21. The highest BCUT2D eigenvalue weighted by Crippen LogP contribution is 2.13. The van der Waals surface area contributed by atoms with Crippen LogP contribution in [0.2, 0.25) is 0 Å². The average molecular weight is 394 g/mol. The molecule has 0 spiro atoms. The summed E-state index contributed by atoms with van der Waals surface area (Å²) in [5.41, 5.74) is 0. The Hall–Kier alpha value is 0.400. The van der Waals surface area contributed by atoms with Gasteiger partial charge in [0.25, 0.3) is 0 Å². The van der Waals surface area contributed by atoms with Gasteiger partial charge in [0.2, 0.25) is 0 Å². The van der Waals surface area contributed by atoms with Crippen LogP contribution in [-0.4, -0.2) is 3.79 Å². The third-order valence-electron chi connectivity index (χ3n) is 3.98. The van der Waals surface area contributed by atoms with E-state index >= 15 is 0 Å². The molecule has 1 nitrogen and oxygen atoms in total. The number of halogens is 1. The third kappa shape index (κ3) is 18.4. The van der Waals surface area contributed by atoms with Crippen LogP contribution in [0.15, 0.2) is 0 Å². The van der Waals surface area contributed by atoms with E-state index in [1.165, 1.54) is 89.9 Å². The van der Waals surface area contributed by atoms with E-state index in [1.807, 2.05) is 22.6 Å². The highest BCUT2D eigenvalue weighted by molar-refractivity contribution is 14.1. The summed E-state index contributed by atoms with van der Waals surface area (Å²) in [6, 6.07) is 0. The zero-order chi connectivity index (χ0) is 14.9. The zero-order valence-electron chi connectivity index (χ0n) is 13.6. The number of carbonyl (C=O) groups is 1. The van der Waals surface area contributed by atoms with Crippen LogP contribution in [0.3, 0.4) is 0 Å². The first kappa shape index (κ1) is 20.4. The number of hydrogen-bond donors (Lipinski definition) is 0. The average Bonchev–Trinajstić information content (AvgIpc) is 2.43. The van der Waals surface area contributed by atoms with E-state index < -0.39 is 0 Å². The molecule has 0 saturated carbocycles. The molecule has 0 aliphatic carbocycles. The Labute approximate surface area is 140 Å². The van der Waals surface area contributed by atoms with Gasteiger partial charge < -0.3 is 0 Å². The highest BCUT2D eigenvalue weighted by atomic mass is 127. The molecule has 0 aromatic heterocycles. The second-order valence-corrected chi connectivity index (χ2v) is 7.26. The third-order valence-corrected chi connectivity index (χ3v) is 4.52. The monoisotopic (exact) mass is 394 g/mol. The molecule has 0 fully saturated rings. The van der Waals surface area contributed by atoms with E-state index in [0.717, 1.165) is 12.8 Å². The maximum absolute atomic E-state index is 10.8. The summed E-state index contributed by atoms with van der Waals surface area (Å²) in [4.78, 5) is 10.8. The molecular formula is C18H35IO. The van der Waals surface area contributed by atoms with Crippen molar-refractivity contribution in [1.82, 2.24) is 0 Å². The lowest BCUT2D eigenvalue weighted by Crippen LogP contribution is -1.86. The summed E-state index contributed by atoms with van der Waals surface area (Å²) < 4.78 is 0.317. The number of carbonyl (C=O) groups excluding carboxylic acids is 1. The predicted molar refractivity (Wildman–Crippen MR) is 98.6 cm³/mol. The molecule has 2 heteroatoms. The largest absolute Gasteiger partial charge is 0.288 e. The fourth-order valence-corrected chi connectivity index (χ4v) is 3.02. The van der Waals surface area contributed by atoms with Gasteiger partial charge in [-0.1, -0.05) is 96.8 Å². The molecule has 0 atom stereocenters. The molecule has 20 heavy (non-hydrogen) atoms. The summed E-state index contributed by atoms with van der Waals surface area (Å²) in [6.07, 6.45) is 21.5. The number of rotatable bonds is 16. The Balaban J connectivity index is 2.94. The lowest BCUT2D eigenvalue weighted by Gasteiger charge is -2.03. The van der Waals surface area contributed by atoms with E-state index in [0.29, 0.717) is 3.79 Å². The minimum Gasteiger partial charge on any atom is -0.288 e. The molecule has 0 rings (SSSR count). The van der Waals surface area contributed by atoms with Crippen molar-refractivity contribution in [3.05, 3.63) is 0 Å². The second-order valence-electron chi connectivity index (χ2n) is 6.05. The number of hydrogen-bond acceptors (Lipinski definition) is 1. The maximum atomic E-state index is 10.8. The SMILES string of the molecule is CCCCCCCCCCCCCCCCCC(=O)I. The van der Waals surface area contributed by atoms with Gasteiger partial charge in [-0.15, -0.1) is 0 Å². The van der Waals surface area contributed by atoms with Crippen LogP contribution in [0.1, 0.15) is 110 Å². The van der Waals surface area contributed by atoms with E-state index in [1.54, 1.807) is 0 Å². The van der Waals surface area contributed by atoms with Crippen LogP contribution < -0.4 is 0 Å². The molecule has 0 aromatic rings. The molecule has 0 aliphatic heterocycles. The van der Waals surface area contributed by atoms with Crippen molar-refractivity contribution in [2.24, 2.45) is 0 Å². The standard InChI is InChI=1S/C18H35IO/c1-2-3-4-5-6-7-8-9-10-11-12-13-14-15-16-17-18(19)20/h2-17H2,1H3. The zero-order valence-corrected chi connectivity index (χ0v) is 15.8. The maximum Gasteiger partial charge on any atom is 0.192 e. The van der Waals surface area contributed by atoms with Crippen LogP contribution in [0.4, 0.5) is 0 Å². The summed E-state index contributed by atoms with van der Waals surface area (Å²) in [5.74, 6) is 0. The Morgan fingerprint density at radius 1 is 0.600 bits per heavy atom. The van der Waals surface area contributed by atoms with Gasteiger partial charge in [-0.05, 0) is 29.0 Å². The molecular weight excluding hydrogens is 359 g/mol. The first-order valence-corrected chi connectivity index (χ1v) is 10.0. The molecule has 0 saturated heterocycles. The Kier molecular flexibility index (Phi) is 17.8. The topological polar surface area (TPSA) is 17.1 Å². The first-order valence-electron chi connectivity index (χ1n) is 8.95. The van der Waals surface area contributed by atoms with Crippen molar-refractivity contribution in [1.29, 1.82) is 0 Å². The van der Waals surface area contributed by atoms with Crippen LogP contribution >= 0.6 is 22.6 Å².